The van der Waals surface area contributed by atoms with Crippen LogP contribution in [0.15, 0.2) is 22.1 Å². The fourth-order valence-corrected chi connectivity index (χ4v) is 0.482. The summed E-state index contributed by atoms with van der Waals surface area (Å²) in [4.78, 5) is 0. The van der Waals surface area contributed by atoms with Gasteiger partial charge in [0.2, 0.25) is 0 Å². The lowest BCUT2D eigenvalue weighted by atomic mass is 11.0. The smallest absolute Gasteiger partial charge is 0.158 e. The van der Waals surface area contributed by atoms with E-state index in [1.54, 1.807) is 0 Å². The van der Waals surface area contributed by atoms with Crippen LogP contribution in [0.4, 0.5) is 0 Å². The molecule has 0 amide bonds. The average Bonchev–Trinajstić information content (AvgIpc) is 2.63. The summed E-state index contributed by atoms with van der Waals surface area (Å²) in [5.74, 6) is 0. The molecule has 2 rings (SSSR count). The van der Waals surface area contributed by atoms with Crippen LogP contribution >= 0.6 is 25.4 Å². The number of tetrazole rings is 1. The van der Waals surface area contributed by atoms with Crippen LogP contribution in [0.3, 0.4) is 0 Å². The second kappa shape index (κ2) is 4.72. The van der Waals surface area contributed by atoms with Gasteiger partial charge < -0.3 is 4.52 Å². The van der Waals surface area contributed by atoms with Crippen molar-refractivity contribution in [2.24, 2.45) is 0 Å². The molecule has 0 aliphatic heterocycles. The summed E-state index contributed by atoms with van der Waals surface area (Å²) >= 11 is 7.48. The number of nitrogens with zero attached hydrogens (tertiary/aromatic N) is 6. The summed E-state index contributed by atoms with van der Waals surface area (Å²) in [6, 6.07) is 0. The predicted octanol–water partition coefficient (Wildman–Crippen LogP) is -0.276. The minimum Gasteiger partial charge on any atom is -0.344 e. The van der Waals surface area contributed by atoms with Gasteiger partial charge in [0.05, 0.1) is 0 Å². The topological polar surface area (TPSA) is 82.5 Å². The van der Waals surface area contributed by atoms with Gasteiger partial charge in [-0.2, -0.15) is 4.09 Å². The van der Waals surface area contributed by atoms with Crippen LogP contribution in [-0.4, -0.2) is 30.0 Å². The van der Waals surface area contributed by atoms with E-state index in [4.69, 9.17) is 0 Å². The first kappa shape index (κ1) is 9.00. The first-order chi connectivity index (χ1) is 5.79. The van der Waals surface area contributed by atoms with Gasteiger partial charge in [0.15, 0.2) is 17.6 Å². The Morgan fingerprint density at radius 2 is 2.33 bits per heavy atom. The molecule has 2 heterocycles. The van der Waals surface area contributed by atoms with E-state index >= 15 is 0 Å². The van der Waals surface area contributed by atoms with E-state index in [0.717, 1.165) is 0 Å². The number of aromatic nitrogens is 6. The van der Waals surface area contributed by atoms with Crippen molar-refractivity contribution in [2.45, 2.75) is 5.03 Å². The Labute approximate surface area is 78.1 Å². The van der Waals surface area contributed by atoms with Crippen molar-refractivity contribution < 1.29 is 4.52 Å². The minimum atomic E-state index is 0.509. The zero-order chi connectivity index (χ0) is 8.81. The van der Waals surface area contributed by atoms with Gasteiger partial charge in [-0.1, -0.05) is 0 Å². The Morgan fingerprint density at radius 1 is 1.50 bits per heavy atom. The molecule has 0 fully saturated rings. The van der Waals surface area contributed by atoms with E-state index in [2.05, 4.69) is 55.9 Å². The maximum atomic E-state index is 4.28. The van der Waals surface area contributed by atoms with E-state index in [-0.39, 0.29) is 0 Å². The third kappa shape index (κ3) is 3.34. The molecule has 0 N–H and O–H groups in total. The van der Waals surface area contributed by atoms with Crippen LogP contribution in [-0.2, 0) is 0 Å². The molecular formula is C3H4N6OS2. The number of hydrogen-bond acceptors (Lipinski definition) is 8. The molecule has 2 aromatic heterocycles. The molecular weight excluding hydrogens is 200 g/mol. The van der Waals surface area contributed by atoms with Crippen molar-refractivity contribution in [3.05, 3.63) is 12.6 Å². The largest absolute Gasteiger partial charge is 0.344 e. The summed E-state index contributed by atoms with van der Waals surface area (Å²) in [6.07, 6.45) is 2.74. The molecule has 9 heteroatoms. The molecule has 0 bridgehead atoms. The van der Waals surface area contributed by atoms with Gasteiger partial charge in [-0.25, -0.2) is 0 Å². The third-order valence-corrected chi connectivity index (χ3v) is 1.06. The highest BCUT2D eigenvalue weighted by Crippen LogP contribution is 1.93. The number of thiol groups is 2. The molecule has 2 aromatic rings. The van der Waals surface area contributed by atoms with E-state index < -0.39 is 0 Å². The average molecular weight is 204 g/mol. The fraction of sp³-hybridized carbons (Fsp3) is 0. The SMILES string of the molecule is Sc1conn1.Sn1cnnn1. The van der Waals surface area contributed by atoms with Crippen LogP contribution in [0.1, 0.15) is 0 Å². The quantitative estimate of drug-likeness (QED) is 0.574. The van der Waals surface area contributed by atoms with Gasteiger partial charge in [0.1, 0.15) is 0 Å². The number of hydrogen-bond donors (Lipinski definition) is 2. The Hall–Kier alpha value is -1.09. The summed E-state index contributed by atoms with van der Waals surface area (Å²) in [5.41, 5.74) is 0. The van der Waals surface area contributed by atoms with Crippen molar-refractivity contribution in [3.8, 4) is 0 Å². The minimum absolute atomic E-state index is 0.509. The molecule has 64 valence electrons. The first-order valence-corrected chi connectivity index (χ1v) is 3.52. The van der Waals surface area contributed by atoms with Gasteiger partial charge >= 0.3 is 0 Å². The highest BCUT2D eigenvalue weighted by Gasteiger charge is 1.81. The van der Waals surface area contributed by atoms with Crippen LogP contribution in [0.2, 0.25) is 0 Å². The standard InChI is InChI=1S/C2H2N2OS.CH2N4S/c6-2-1-5-4-3-2;6-5-1-2-3-4-5/h2*1,6H. The van der Waals surface area contributed by atoms with Gasteiger partial charge in [-0.05, 0) is 23.2 Å². The summed E-state index contributed by atoms with van der Waals surface area (Å²) in [7, 11) is 0. The Morgan fingerprint density at radius 3 is 2.50 bits per heavy atom. The van der Waals surface area contributed by atoms with Crippen LogP contribution in [0, 0.1) is 0 Å². The van der Waals surface area contributed by atoms with Crippen molar-refractivity contribution in [1.29, 1.82) is 0 Å². The molecule has 0 unspecified atom stereocenters. The van der Waals surface area contributed by atoms with Gasteiger partial charge in [-0.3, -0.25) is 0 Å². The summed E-state index contributed by atoms with van der Waals surface area (Å²) < 4.78 is 5.50. The van der Waals surface area contributed by atoms with E-state index in [1.165, 1.54) is 16.7 Å². The normalized spacial score (nSPS) is 8.83. The highest BCUT2D eigenvalue weighted by atomic mass is 32.1. The number of rotatable bonds is 0. The highest BCUT2D eigenvalue weighted by molar-refractivity contribution is 7.80. The zero-order valence-electron chi connectivity index (χ0n) is 5.64. The van der Waals surface area contributed by atoms with E-state index in [0.29, 0.717) is 5.03 Å². The molecule has 0 radical (unpaired) electrons. The fourth-order valence-electron chi connectivity index (χ4n) is 0.316. The summed E-state index contributed by atoms with van der Waals surface area (Å²) in [5, 5.41) is 16.9. The lowest BCUT2D eigenvalue weighted by Crippen LogP contribution is -1.77. The Balaban J connectivity index is 0.000000120. The molecule has 0 aliphatic rings. The second-order valence-corrected chi connectivity index (χ2v) is 2.36. The van der Waals surface area contributed by atoms with Crippen LogP contribution < -0.4 is 0 Å². The van der Waals surface area contributed by atoms with Crippen molar-refractivity contribution in [2.75, 3.05) is 0 Å². The van der Waals surface area contributed by atoms with Crippen molar-refractivity contribution in [1.82, 2.24) is 30.0 Å². The van der Waals surface area contributed by atoms with E-state index in [1.807, 2.05) is 0 Å². The monoisotopic (exact) mass is 204 g/mol. The maximum absolute atomic E-state index is 4.28. The van der Waals surface area contributed by atoms with Gasteiger partial charge in [0.25, 0.3) is 0 Å². The van der Waals surface area contributed by atoms with Crippen LogP contribution in [0.5, 0.6) is 0 Å². The van der Waals surface area contributed by atoms with Crippen molar-refractivity contribution >= 4 is 25.4 Å². The lowest BCUT2D eigenvalue weighted by molar-refractivity contribution is 0.392. The van der Waals surface area contributed by atoms with Crippen LogP contribution in [0.25, 0.3) is 0 Å². The molecule has 7 nitrogen and oxygen atoms in total. The van der Waals surface area contributed by atoms with E-state index in [9.17, 15) is 0 Å². The molecule has 0 atom stereocenters. The molecule has 0 saturated carbocycles. The summed E-state index contributed by atoms with van der Waals surface area (Å²) in [6.45, 7) is 0. The Bertz CT molecular complexity index is 260. The molecule has 0 aromatic carbocycles. The molecule has 0 spiro atoms. The lowest BCUT2D eigenvalue weighted by Gasteiger charge is -1.69. The van der Waals surface area contributed by atoms with Crippen molar-refractivity contribution in [3.63, 3.8) is 0 Å². The first-order valence-electron chi connectivity index (χ1n) is 2.67. The maximum Gasteiger partial charge on any atom is 0.158 e. The Kier molecular flexibility index (Phi) is 3.54. The molecule has 12 heavy (non-hydrogen) atoms. The van der Waals surface area contributed by atoms with Gasteiger partial charge in [-0.15, -0.1) is 22.8 Å². The molecule has 0 saturated heterocycles. The molecule has 0 aliphatic carbocycles. The van der Waals surface area contributed by atoms with Gasteiger partial charge in [0, 0.05) is 5.27 Å². The third-order valence-electron chi connectivity index (χ3n) is 0.687. The second-order valence-electron chi connectivity index (χ2n) is 1.49. The zero-order valence-corrected chi connectivity index (χ0v) is 7.43. The predicted molar refractivity (Wildman–Crippen MR) is 43.8 cm³/mol.